The lowest BCUT2D eigenvalue weighted by Gasteiger charge is -2.02. The van der Waals surface area contributed by atoms with Crippen molar-refractivity contribution >= 4 is 23.6 Å². The molecule has 1 N–H and O–H groups in total. The molecule has 0 unspecified atom stereocenters. The lowest BCUT2D eigenvalue weighted by Crippen LogP contribution is -2.20. The summed E-state index contributed by atoms with van der Waals surface area (Å²) in [4.78, 5) is 10.6. The Labute approximate surface area is 105 Å². The largest absolute Gasteiger partial charge is 0.356 e. The summed E-state index contributed by atoms with van der Waals surface area (Å²) < 4.78 is 13.5. The Morgan fingerprint density at radius 3 is 2.88 bits per heavy atom. The monoisotopic (exact) mass is 255 g/mol. The van der Waals surface area contributed by atoms with E-state index in [1.54, 1.807) is 25.1 Å². The van der Waals surface area contributed by atoms with E-state index in [0.29, 0.717) is 23.6 Å². The molecular formula is C13H15ClFNO. The molecule has 0 aromatic heterocycles. The number of aryl methyl sites for hydroxylation is 1. The SMILES string of the molecule is CC(=O)NCCC=Cc1cc(Cl)c(C)cc1F. The third-order valence-corrected chi connectivity index (χ3v) is 2.67. The fourth-order valence-electron chi connectivity index (χ4n) is 1.33. The van der Waals surface area contributed by atoms with Crippen LogP contribution in [0.25, 0.3) is 6.08 Å². The lowest BCUT2D eigenvalue weighted by atomic mass is 10.1. The van der Waals surface area contributed by atoms with Crippen LogP contribution in [0.3, 0.4) is 0 Å². The van der Waals surface area contributed by atoms with Crippen LogP contribution in [-0.2, 0) is 4.79 Å². The fourth-order valence-corrected chi connectivity index (χ4v) is 1.50. The van der Waals surface area contributed by atoms with Gasteiger partial charge in [0.25, 0.3) is 0 Å². The van der Waals surface area contributed by atoms with Gasteiger partial charge >= 0.3 is 0 Å². The predicted octanol–water partition coefficient (Wildman–Crippen LogP) is 3.33. The van der Waals surface area contributed by atoms with Crippen molar-refractivity contribution in [2.45, 2.75) is 20.3 Å². The van der Waals surface area contributed by atoms with Crippen LogP contribution in [0.1, 0.15) is 24.5 Å². The van der Waals surface area contributed by atoms with Crippen molar-refractivity contribution in [2.24, 2.45) is 0 Å². The first-order valence-corrected chi connectivity index (χ1v) is 5.75. The minimum Gasteiger partial charge on any atom is -0.356 e. The Kier molecular flexibility index (Phi) is 5.16. The number of hydrogen-bond donors (Lipinski definition) is 1. The number of halogens is 2. The summed E-state index contributed by atoms with van der Waals surface area (Å²) in [5.41, 5.74) is 1.18. The van der Waals surface area contributed by atoms with Gasteiger partial charge in [-0.25, -0.2) is 4.39 Å². The van der Waals surface area contributed by atoms with E-state index in [-0.39, 0.29) is 11.7 Å². The minimum absolute atomic E-state index is 0.0667. The molecule has 1 aromatic rings. The first-order valence-electron chi connectivity index (χ1n) is 5.37. The topological polar surface area (TPSA) is 29.1 Å². The van der Waals surface area contributed by atoms with Crippen LogP contribution >= 0.6 is 11.6 Å². The molecule has 1 aromatic carbocycles. The Hall–Kier alpha value is -1.35. The van der Waals surface area contributed by atoms with Gasteiger partial charge in [-0.1, -0.05) is 23.8 Å². The van der Waals surface area contributed by atoms with Gasteiger partial charge in [-0.15, -0.1) is 0 Å². The smallest absolute Gasteiger partial charge is 0.216 e. The number of benzene rings is 1. The Morgan fingerprint density at radius 1 is 1.53 bits per heavy atom. The van der Waals surface area contributed by atoms with E-state index in [1.807, 2.05) is 0 Å². The highest BCUT2D eigenvalue weighted by molar-refractivity contribution is 6.31. The molecule has 0 atom stereocenters. The third-order valence-electron chi connectivity index (χ3n) is 2.26. The van der Waals surface area contributed by atoms with Crippen molar-refractivity contribution in [3.63, 3.8) is 0 Å². The van der Waals surface area contributed by atoms with Gasteiger partial charge < -0.3 is 5.32 Å². The van der Waals surface area contributed by atoms with Gasteiger partial charge in [0, 0.05) is 24.1 Å². The van der Waals surface area contributed by atoms with Crippen LogP contribution < -0.4 is 5.32 Å². The van der Waals surface area contributed by atoms with Gasteiger partial charge in [0.1, 0.15) is 5.82 Å². The highest BCUT2D eigenvalue weighted by Gasteiger charge is 2.02. The van der Waals surface area contributed by atoms with Crippen LogP contribution in [0, 0.1) is 12.7 Å². The first-order chi connectivity index (χ1) is 8.00. The van der Waals surface area contributed by atoms with E-state index in [2.05, 4.69) is 5.32 Å². The van der Waals surface area contributed by atoms with Crippen molar-refractivity contribution < 1.29 is 9.18 Å². The van der Waals surface area contributed by atoms with Crippen molar-refractivity contribution in [2.75, 3.05) is 6.54 Å². The Bertz CT molecular complexity index is 443. The maximum Gasteiger partial charge on any atom is 0.216 e. The molecule has 0 saturated carbocycles. The van der Waals surface area contributed by atoms with E-state index in [0.717, 1.165) is 5.56 Å². The maximum absolute atomic E-state index is 13.5. The molecule has 92 valence electrons. The van der Waals surface area contributed by atoms with Gasteiger partial charge in [0.15, 0.2) is 0 Å². The molecule has 1 amide bonds. The molecule has 17 heavy (non-hydrogen) atoms. The zero-order valence-corrected chi connectivity index (χ0v) is 10.6. The second kappa shape index (κ2) is 6.40. The second-order valence-corrected chi connectivity index (χ2v) is 4.20. The molecule has 0 bridgehead atoms. The maximum atomic E-state index is 13.5. The number of rotatable bonds is 4. The molecule has 1 rings (SSSR count). The summed E-state index contributed by atoms with van der Waals surface area (Å²) in [5.74, 6) is -0.356. The standard InChI is InChI=1S/C13H15ClFNO/c1-9-7-13(15)11(8-12(9)14)5-3-4-6-16-10(2)17/h3,5,7-8H,4,6H2,1-2H3,(H,16,17). The number of nitrogens with one attached hydrogen (secondary N) is 1. The van der Waals surface area contributed by atoms with Gasteiger partial charge in [-0.05, 0) is 31.0 Å². The number of carbonyl (C=O) groups is 1. The van der Waals surface area contributed by atoms with E-state index < -0.39 is 0 Å². The molecule has 0 saturated heterocycles. The predicted molar refractivity (Wildman–Crippen MR) is 68.5 cm³/mol. The van der Waals surface area contributed by atoms with Crippen LogP contribution in [-0.4, -0.2) is 12.5 Å². The highest BCUT2D eigenvalue weighted by atomic mass is 35.5. The van der Waals surface area contributed by atoms with Gasteiger partial charge in [-0.3, -0.25) is 4.79 Å². The van der Waals surface area contributed by atoms with Crippen LogP contribution in [0.5, 0.6) is 0 Å². The second-order valence-electron chi connectivity index (χ2n) is 3.80. The average molecular weight is 256 g/mol. The molecule has 0 radical (unpaired) electrons. The van der Waals surface area contributed by atoms with E-state index in [9.17, 15) is 9.18 Å². The summed E-state index contributed by atoms with van der Waals surface area (Å²) in [7, 11) is 0. The highest BCUT2D eigenvalue weighted by Crippen LogP contribution is 2.20. The first kappa shape index (κ1) is 13.7. The summed E-state index contributed by atoms with van der Waals surface area (Å²) >= 11 is 5.91. The molecule has 4 heteroatoms. The Morgan fingerprint density at radius 2 is 2.24 bits per heavy atom. The molecule has 2 nitrogen and oxygen atoms in total. The van der Waals surface area contributed by atoms with Gasteiger partial charge in [0.2, 0.25) is 5.91 Å². The van der Waals surface area contributed by atoms with Crippen LogP contribution in [0.2, 0.25) is 5.02 Å². The van der Waals surface area contributed by atoms with E-state index in [4.69, 9.17) is 11.6 Å². The molecule has 0 aliphatic rings. The normalized spacial score (nSPS) is 10.8. The van der Waals surface area contributed by atoms with Crippen LogP contribution in [0.15, 0.2) is 18.2 Å². The summed E-state index contributed by atoms with van der Waals surface area (Å²) in [6.45, 7) is 3.77. The fraction of sp³-hybridized carbons (Fsp3) is 0.308. The van der Waals surface area contributed by atoms with Crippen molar-refractivity contribution in [3.05, 3.63) is 40.2 Å². The molecular weight excluding hydrogens is 241 g/mol. The van der Waals surface area contributed by atoms with E-state index >= 15 is 0 Å². The molecule has 0 fully saturated rings. The van der Waals surface area contributed by atoms with Gasteiger partial charge in [-0.2, -0.15) is 0 Å². The van der Waals surface area contributed by atoms with Crippen molar-refractivity contribution in [1.82, 2.24) is 5.32 Å². The molecule has 0 spiro atoms. The molecule has 0 aliphatic heterocycles. The third kappa shape index (κ3) is 4.57. The van der Waals surface area contributed by atoms with E-state index in [1.165, 1.54) is 13.0 Å². The lowest BCUT2D eigenvalue weighted by molar-refractivity contribution is -0.118. The average Bonchev–Trinajstić information content (AvgIpc) is 2.24. The number of hydrogen-bond acceptors (Lipinski definition) is 1. The van der Waals surface area contributed by atoms with Gasteiger partial charge in [0.05, 0.1) is 0 Å². The zero-order valence-electron chi connectivity index (χ0n) is 9.89. The quantitative estimate of drug-likeness (QED) is 0.822. The number of carbonyl (C=O) groups excluding carboxylic acids is 1. The molecule has 0 aliphatic carbocycles. The zero-order chi connectivity index (χ0) is 12.8. The molecule has 0 heterocycles. The summed E-state index contributed by atoms with van der Waals surface area (Å²) in [5, 5.41) is 3.21. The van der Waals surface area contributed by atoms with Crippen molar-refractivity contribution in [1.29, 1.82) is 0 Å². The summed E-state index contributed by atoms with van der Waals surface area (Å²) in [6, 6.07) is 3.01. The van der Waals surface area contributed by atoms with Crippen molar-refractivity contribution in [3.8, 4) is 0 Å². The Balaban J connectivity index is 2.59. The number of amides is 1. The minimum atomic E-state index is -0.289. The van der Waals surface area contributed by atoms with Crippen LogP contribution in [0.4, 0.5) is 4.39 Å². The summed E-state index contributed by atoms with van der Waals surface area (Å²) in [6.07, 6.45) is 4.13.